The fourth-order valence-electron chi connectivity index (χ4n) is 6.86. The summed E-state index contributed by atoms with van der Waals surface area (Å²) >= 11 is 0. The van der Waals surface area contributed by atoms with Crippen molar-refractivity contribution < 1.29 is 42.8 Å². The first-order valence-corrected chi connectivity index (χ1v) is 19.5. The second kappa shape index (κ2) is 18.8. The number of carbonyl (C=O) groups is 3. The fraction of sp³-hybridized carbons (Fsp3) is 0.118. The van der Waals surface area contributed by atoms with Crippen LogP contribution in [0.1, 0.15) is 31.1 Å². The van der Waals surface area contributed by atoms with Crippen LogP contribution < -0.4 is 9.47 Å². The molecule has 0 unspecified atom stereocenters. The van der Waals surface area contributed by atoms with E-state index in [2.05, 4.69) is 0 Å². The Balaban J connectivity index is 1.19. The quantitative estimate of drug-likeness (QED) is 0.0833. The molecule has 1 heterocycles. The Morgan fingerprint density at radius 2 is 0.750 bits per heavy atom. The molecule has 0 N–H and O–H groups in total. The summed E-state index contributed by atoms with van der Waals surface area (Å²) in [5, 5.41) is 0. The number of hydrogen-bond donors (Lipinski definition) is 0. The second-order valence-corrected chi connectivity index (χ2v) is 14.0. The molecule has 9 nitrogen and oxygen atoms in total. The number of esters is 3. The first kappa shape index (κ1) is 39.3. The molecule has 8 rings (SSSR count). The minimum Gasteiger partial charge on any atom is -0.482 e. The molecule has 1 aliphatic rings. The van der Waals surface area contributed by atoms with Crippen molar-refractivity contribution in [3.8, 4) is 33.8 Å². The smallest absolute Gasteiger partial charge is 0.338 e. The number of carbonyl (C=O) groups excluding carboxylic acids is 3. The topological polar surface area (TPSA) is 107 Å². The maximum Gasteiger partial charge on any atom is 0.338 e. The van der Waals surface area contributed by atoms with Crippen LogP contribution in [0.15, 0.2) is 200 Å². The molecule has 0 spiro atoms. The van der Waals surface area contributed by atoms with E-state index in [1.165, 1.54) is 0 Å². The van der Waals surface area contributed by atoms with Crippen LogP contribution in [0.3, 0.4) is 0 Å². The van der Waals surface area contributed by atoms with E-state index in [-0.39, 0.29) is 17.7 Å². The van der Waals surface area contributed by atoms with Crippen molar-refractivity contribution in [2.24, 2.45) is 0 Å². The van der Waals surface area contributed by atoms with Gasteiger partial charge in [-0.05, 0) is 82.9 Å². The lowest BCUT2D eigenvalue weighted by Crippen LogP contribution is -2.64. The lowest BCUT2D eigenvalue weighted by Gasteiger charge is -2.44. The summed E-state index contributed by atoms with van der Waals surface area (Å²) in [4.78, 5) is 41.2. The van der Waals surface area contributed by atoms with Crippen molar-refractivity contribution in [2.75, 3.05) is 6.61 Å². The van der Waals surface area contributed by atoms with Gasteiger partial charge in [0.05, 0.1) is 16.7 Å². The molecule has 0 saturated carbocycles. The summed E-state index contributed by atoms with van der Waals surface area (Å²) in [5.74, 6) is -1.22. The van der Waals surface area contributed by atoms with Gasteiger partial charge >= 0.3 is 17.9 Å². The maximum absolute atomic E-state index is 13.9. The van der Waals surface area contributed by atoms with Crippen LogP contribution in [0.5, 0.6) is 11.5 Å². The highest BCUT2D eigenvalue weighted by Gasteiger charge is 2.53. The first-order valence-electron chi connectivity index (χ1n) is 19.5. The fourth-order valence-corrected chi connectivity index (χ4v) is 6.86. The van der Waals surface area contributed by atoms with Crippen molar-refractivity contribution in [2.45, 2.75) is 30.7 Å². The minimum atomic E-state index is -1.35. The van der Waals surface area contributed by atoms with Crippen molar-refractivity contribution >= 4 is 17.9 Å². The van der Waals surface area contributed by atoms with Crippen LogP contribution in [0.4, 0.5) is 0 Å². The number of ether oxygens (including phenoxy) is 6. The van der Waals surface area contributed by atoms with E-state index in [0.717, 1.165) is 22.3 Å². The molecular weight excluding hydrogens is 757 g/mol. The lowest BCUT2D eigenvalue weighted by atomic mass is 9.97. The Labute approximate surface area is 347 Å². The molecule has 1 saturated heterocycles. The van der Waals surface area contributed by atoms with Gasteiger partial charge in [0, 0.05) is 0 Å². The average molecular weight is 797 g/mol. The zero-order valence-corrected chi connectivity index (χ0v) is 32.3. The molecule has 1 aliphatic heterocycles. The molecule has 0 bridgehead atoms. The molecule has 9 heteroatoms. The molecule has 298 valence electrons. The van der Waals surface area contributed by atoms with Crippen LogP contribution >= 0.6 is 0 Å². The molecule has 0 aliphatic carbocycles. The Morgan fingerprint density at radius 3 is 1.20 bits per heavy atom. The van der Waals surface area contributed by atoms with E-state index >= 15 is 0 Å². The van der Waals surface area contributed by atoms with Gasteiger partial charge < -0.3 is 28.4 Å². The molecule has 0 aromatic heterocycles. The summed E-state index contributed by atoms with van der Waals surface area (Å²) < 4.78 is 38.3. The Hall–Kier alpha value is -7.49. The largest absolute Gasteiger partial charge is 0.482 e. The third-order valence-corrected chi connectivity index (χ3v) is 9.93. The van der Waals surface area contributed by atoms with Crippen molar-refractivity contribution in [3.05, 3.63) is 217 Å². The minimum absolute atomic E-state index is 0.262. The van der Waals surface area contributed by atoms with Gasteiger partial charge in [0.25, 0.3) is 0 Å². The SMILES string of the molecule is O=C(OC[C@H]1O[C@H](Oc2ccc(-c3ccccc3)cc2)[C@@H](OC(=O)c2ccccc2)[C@@H](Oc2ccc(-c3ccccc3)cc2)[C@@H]1OC(=O)c1ccccc1)c1ccccc1. The van der Waals surface area contributed by atoms with Crippen LogP contribution in [-0.2, 0) is 18.9 Å². The van der Waals surface area contributed by atoms with Gasteiger partial charge in [0.15, 0.2) is 12.2 Å². The molecule has 7 aromatic carbocycles. The number of hydrogen-bond acceptors (Lipinski definition) is 9. The Kier molecular flexibility index (Phi) is 12.4. The van der Waals surface area contributed by atoms with Crippen LogP contribution in [-0.4, -0.2) is 55.2 Å². The van der Waals surface area contributed by atoms with Crippen molar-refractivity contribution in [3.63, 3.8) is 0 Å². The molecule has 7 aromatic rings. The maximum atomic E-state index is 13.9. The van der Waals surface area contributed by atoms with E-state index in [1.54, 1.807) is 115 Å². The highest BCUT2D eigenvalue weighted by Crippen LogP contribution is 2.34. The average Bonchev–Trinajstić information content (AvgIpc) is 3.32. The van der Waals surface area contributed by atoms with Gasteiger partial charge in [0.2, 0.25) is 12.4 Å². The Morgan fingerprint density at radius 1 is 0.383 bits per heavy atom. The first-order chi connectivity index (χ1) is 29.5. The van der Waals surface area contributed by atoms with Crippen molar-refractivity contribution in [1.29, 1.82) is 0 Å². The molecule has 0 amide bonds. The van der Waals surface area contributed by atoms with Gasteiger partial charge in [-0.3, -0.25) is 0 Å². The van der Waals surface area contributed by atoms with Crippen LogP contribution in [0.25, 0.3) is 22.3 Å². The zero-order valence-electron chi connectivity index (χ0n) is 32.3. The van der Waals surface area contributed by atoms with Gasteiger partial charge in [-0.2, -0.15) is 0 Å². The molecule has 5 atom stereocenters. The normalized spacial score (nSPS) is 18.4. The zero-order chi connectivity index (χ0) is 41.1. The van der Waals surface area contributed by atoms with Gasteiger partial charge in [-0.1, -0.05) is 140 Å². The third kappa shape index (κ3) is 9.61. The predicted octanol–water partition coefficient (Wildman–Crippen LogP) is 9.88. The predicted molar refractivity (Wildman–Crippen MR) is 225 cm³/mol. The van der Waals surface area contributed by atoms with E-state index in [4.69, 9.17) is 28.4 Å². The standard InChI is InChI=1S/C51H40O9/c52-48(39-20-10-3-11-21-39)55-34-44-45(59-49(53)40-22-12-4-13-23-40)46(56-42-30-26-37(27-31-42)35-16-6-1-7-17-35)47(60-50(54)41-24-14-5-15-25-41)51(58-44)57-43-32-28-38(29-33-43)36-18-8-2-9-19-36/h1-33,44-47,51H,34H2/t44-,45-,46+,47+,51+/m1/s1. The van der Waals surface area contributed by atoms with Gasteiger partial charge in [0.1, 0.15) is 24.2 Å². The van der Waals surface area contributed by atoms with Gasteiger partial charge in [-0.15, -0.1) is 0 Å². The molecule has 60 heavy (non-hydrogen) atoms. The number of benzene rings is 7. The summed E-state index contributed by atoms with van der Waals surface area (Å²) in [6.07, 6.45) is -6.41. The van der Waals surface area contributed by atoms with Crippen LogP contribution in [0, 0.1) is 0 Å². The summed E-state index contributed by atoms with van der Waals surface area (Å²) in [7, 11) is 0. The highest BCUT2D eigenvalue weighted by atomic mass is 16.7. The summed E-state index contributed by atoms with van der Waals surface area (Å²) in [6, 6.07) is 59.9. The lowest BCUT2D eigenvalue weighted by molar-refractivity contribution is -0.271. The summed E-state index contributed by atoms with van der Waals surface area (Å²) in [5.41, 5.74) is 4.77. The molecule has 0 radical (unpaired) electrons. The molecule has 1 fully saturated rings. The van der Waals surface area contributed by atoms with Crippen LogP contribution in [0.2, 0.25) is 0 Å². The highest BCUT2D eigenvalue weighted by molar-refractivity contribution is 5.90. The van der Waals surface area contributed by atoms with E-state index < -0.39 is 48.6 Å². The van der Waals surface area contributed by atoms with Gasteiger partial charge in [-0.25, -0.2) is 14.4 Å². The van der Waals surface area contributed by atoms with E-state index in [9.17, 15) is 14.4 Å². The second-order valence-electron chi connectivity index (χ2n) is 14.0. The van der Waals surface area contributed by atoms with E-state index in [0.29, 0.717) is 17.1 Å². The monoisotopic (exact) mass is 796 g/mol. The van der Waals surface area contributed by atoms with E-state index in [1.807, 2.05) is 84.9 Å². The Bertz CT molecular complexity index is 2460. The number of rotatable bonds is 13. The molecular formula is C51H40O9. The summed E-state index contributed by atoms with van der Waals surface area (Å²) in [6.45, 7) is -0.376. The van der Waals surface area contributed by atoms with Crippen molar-refractivity contribution in [1.82, 2.24) is 0 Å². The third-order valence-electron chi connectivity index (χ3n) is 9.93.